The first-order valence-corrected chi connectivity index (χ1v) is 8.57. The van der Waals surface area contributed by atoms with Crippen LogP contribution in [0, 0.1) is 0 Å². The van der Waals surface area contributed by atoms with Crippen LogP contribution in [0.1, 0.15) is 19.3 Å². The average Bonchev–Trinajstić information content (AvgIpc) is 2.69. The highest BCUT2D eigenvalue weighted by Crippen LogP contribution is 2.05. The average molecular weight is 305 g/mol. The molecular formula is C13H27N3O3S+2. The van der Waals surface area contributed by atoms with Crippen LogP contribution in [0.5, 0.6) is 0 Å². The van der Waals surface area contributed by atoms with Crippen molar-refractivity contribution in [3.8, 4) is 0 Å². The van der Waals surface area contributed by atoms with Gasteiger partial charge in [0.1, 0.15) is 12.4 Å². The highest BCUT2D eigenvalue weighted by Gasteiger charge is 2.15. The van der Waals surface area contributed by atoms with E-state index < -0.39 is 10.1 Å². The molecule has 0 saturated carbocycles. The Kier molecular flexibility index (Phi) is 6.16. The minimum Gasteiger partial charge on any atom is -0.328 e. The summed E-state index contributed by atoms with van der Waals surface area (Å²) in [5.41, 5.74) is 0. The van der Waals surface area contributed by atoms with E-state index in [0.29, 0.717) is 6.42 Å². The van der Waals surface area contributed by atoms with Gasteiger partial charge in [-0.1, -0.05) is 0 Å². The maximum atomic E-state index is 10.6. The zero-order chi connectivity index (χ0) is 15.2. The van der Waals surface area contributed by atoms with Crippen LogP contribution in [0.3, 0.4) is 0 Å². The summed E-state index contributed by atoms with van der Waals surface area (Å²) < 4.78 is 35.0. The molecule has 0 saturated heterocycles. The second-order valence-electron chi connectivity index (χ2n) is 6.05. The summed E-state index contributed by atoms with van der Waals surface area (Å²) in [5, 5.41) is 0. The van der Waals surface area contributed by atoms with Gasteiger partial charge in [-0.05, 0) is 12.8 Å². The minimum atomic E-state index is -3.81. The van der Waals surface area contributed by atoms with Gasteiger partial charge < -0.3 is 4.48 Å². The Morgan fingerprint density at radius 2 is 1.85 bits per heavy atom. The van der Waals surface area contributed by atoms with E-state index >= 15 is 0 Å². The normalized spacial score (nSPS) is 12.8. The summed E-state index contributed by atoms with van der Waals surface area (Å²) >= 11 is 0. The van der Waals surface area contributed by atoms with Gasteiger partial charge in [-0.25, -0.2) is 9.13 Å². The lowest BCUT2D eigenvalue weighted by atomic mass is 10.2. The summed E-state index contributed by atoms with van der Waals surface area (Å²) in [7, 11) is 2.51. The van der Waals surface area contributed by atoms with Crippen molar-refractivity contribution >= 4 is 10.1 Å². The molecule has 1 rings (SSSR count). The molecule has 0 aliphatic carbocycles. The van der Waals surface area contributed by atoms with Crippen molar-refractivity contribution in [1.82, 2.24) is 4.57 Å². The fourth-order valence-electron chi connectivity index (χ4n) is 2.25. The van der Waals surface area contributed by atoms with Gasteiger partial charge in [-0.3, -0.25) is 4.55 Å². The molecule has 6 nitrogen and oxygen atoms in total. The second-order valence-corrected chi connectivity index (χ2v) is 7.62. The first kappa shape index (κ1) is 17.1. The van der Waals surface area contributed by atoms with Crippen LogP contribution in [0.2, 0.25) is 0 Å². The molecule has 0 bridgehead atoms. The monoisotopic (exact) mass is 305 g/mol. The highest BCUT2D eigenvalue weighted by molar-refractivity contribution is 7.85. The van der Waals surface area contributed by atoms with Gasteiger partial charge in [0.25, 0.3) is 10.1 Å². The molecule has 1 N–H and O–H groups in total. The third-order valence-corrected chi connectivity index (χ3v) is 4.22. The van der Waals surface area contributed by atoms with Crippen molar-refractivity contribution < 1.29 is 22.0 Å². The lowest BCUT2D eigenvalue weighted by molar-refractivity contribution is -0.890. The van der Waals surface area contributed by atoms with E-state index in [-0.39, 0.29) is 5.75 Å². The first-order valence-electron chi connectivity index (χ1n) is 6.96. The number of unbranched alkanes of at least 4 members (excludes halogenated alkanes) is 1. The molecule has 0 aliphatic heterocycles. The number of imidazole rings is 1. The van der Waals surface area contributed by atoms with Gasteiger partial charge in [-0.2, -0.15) is 8.42 Å². The number of hydrogen-bond acceptors (Lipinski definition) is 2. The zero-order valence-electron chi connectivity index (χ0n) is 12.7. The van der Waals surface area contributed by atoms with Crippen LogP contribution in [0.4, 0.5) is 0 Å². The number of aromatic nitrogens is 2. The predicted molar refractivity (Wildman–Crippen MR) is 77.7 cm³/mol. The van der Waals surface area contributed by atoms with Crippen LogP contribution in [0.15, 0.2) is 18.7 Å². The molecule has 20 heavy (non-hydrogen) atoms. The van der Waals surface area contributed by atoms with E-state index in [4.69, 9.17) is 4.55 Å². The van der Waals surface area contributed by atoms with Gasteiger partial charge in [0.15, 0.2) is 0 Å². The maximum absolute atomic E-state index is 10.6. The van der Waals surface area contributed by atoms with Crippen LogP contribution in [-0.4, -0.2) is 55.0 Å². The summed E-state index contributed by atoms with van der Waals surface area (Å²) in [4.78, 5) is 0. The second kappa shape index (κ2) is 7.19. The molecule has 116 valence electrons. The predicted octanol–water partition coefficient (Wildman–Crippen LogP) is 0.447. The Labute approximate surface area is 122 Å². The first-order chi connectivity index (χ1) is 9.18. The molecule has 7 heteroatoms. The highest BCUT2D eigenvalue weighted by atomic mass is 32.2. The van der Waals surface area contributed by atoms with E-state index in [1.54, 1.807) is 0 Å². The molecule has 1 heterocycles. The van der Waals surface area contributed by atoms with Crippen molar-refractivity contribution in [1.29, 1.82) is 0 Å². The third kappa shape index (κ3) is 7.62. The standard InChI is InChI=1S/C13H26N3O3S/c1-14-8-9-15(13-14)7-6-11-16(2,3)10-4-5-12-20(17,18)19/h8-9,13H,4-7,10-12H2,1-3H3/q+1/p+1. The summed E-state index contributed by atoms with van der Waals surface area (Å²) in [6.07, 6.45) is 8.56. The summed E-state index contributed by atoms with van der Waals surface area (Å²) in [6.45, 7) is 2.97. The number of nitrogens with zero attached hydrogens (tertiary/aromatic N) is 3. The van der Waals surface area contributed by atoms with Gasteiger partial charge in [0.05, 0.1) is 46.5 Å². The van der Waals surface area contributed by atoms with Crippen molar-refractivity contribution in [2.75, 3.05) is 32.9 Å². The molecule has 0 spiro atoms. The molecule has 0 aromatic carbocycles. The Morgan fingerprint density at radius 3 is 2.40 bits per heavy atom. The molecule has 0 aliphatic rings. The number of rotatable bonds is 9. The topological polar surface area (TPSA) is 63.2 Å². The Balaban J connectivity index is 2.20. The number of hydrogen-bond donors (Lipinski definition) is 1. The lowest BCUT2D eigenvalue weighted by Gasteiger charge is -2.29. The van der Waals surface area contributed by atoms with E-state index in [0.717, 1.165) is 37.0 Å². The van der Waals surface area contributed by atoms with Gasteiger partial charge in [-0.15, -0.1) is 0 Å². The van der Waals surface area contributed by atoms with E-state index in [1.165, 1.54) is 0 Å². The molecule has 0 amide bonds. The van der Waals surface area contributed by atoms with Crippen molar-refractivity contribution in [3.63, 3.8) is 0 Å². The van der Waals surface area contributed by atoms with E-state index in [9.17, 15) is 8.42 Å². The van der Waals surface area contributed by atoms with E-state index in [2.05, 4.69) is 31.2 Å². The molecule has 0 unspecified atom stereocenters. The molecule has 0 fully saturated rings. The Bertz CT molecular complexity index is 509. The summed E-state index contributed by atoms with van der Waals surface area (Å²) in [6, 6.07) is 0. The van der Waals surface area contributed by atoms with Crippen LogP contribution in [-0.2, 0) is 23.7 Å². The molecule has 0 atom stereocenters. The quantitative estimate of drug-likeness (QED) is 0.312. The Morgan fingerprint density at radius 1 is 1.20 bits per heavy atom. The van der Waals surface area contributed by atoms with Crippen molar-refractivity contribution in [3.05, 3.63) is 18.7 Å². The van der Waals surface area contributed by atoms with E-state index in [1.807, 2.05) is 17.8 Å². The number of quaternary nitrogens is 1. The smallest absolute Gasteiger partial charge is 0.264 e. The lowest BCUT2D eigenvalue weighted by Crippen LogP contribution is -2.41. The zero-order valence-corrected chi connectivity index (χ0v) is 13.5. The molecule has 0 radical (unpaired) electrons. The van der Waals surface area contributed by atoms with Crippen LogP contribution < -0.4 is 4.57 Å². The van der Waals surface area contributed by atoms with Crippen molar-refractivity contribution in [2.24, 2.45) is 7.05 Å². The molecule has 1 aromatic rings. The van der Waals surface area contributed by atoms with Gasteiger partial charge in [0, 0.05) is 6.42 Å². The molecule has 1 aromatic heterocycles. The van der Waals surface area contributed by atoms with Crippen LogP contribution >= 0.6 is 0 Å². The SMILES string of the molecule is C[n+]1ccn(CCC[N+](C)(C)CCCCS(=O)(=O)O)c1. The maximum Gasteiger partial charge on any atom is 0.264 e. The largest absolute Gasteiger partial charge is 0.328 e. The minimum absolute atomic E-state index is 0.132. The van der Waals surface area contributed by atoms with Gasteiger partial charge in [0.2, 0.25) is 6.33 Å². The summed E-state index contributed by atoms with van der Waals surface area (Å²) in [5.74, 6) is -0.132. The fourth-order valence-corrected chi connectivity index (χ4v) is 2.82. The number of aryl methyl sites for hydroxylation is 2. The van der Waals surface area contributed by atoms with Crippen molar-refractivity contribution in [2.45, 2.75) is 25.8 Å². The third-order valence-electron chi connectivity index (χ3n) is 3.42. The van der Waals surface area contributed by atoms with Gasteiger partial charge >= 0.3 is 0 Å². The molecular weight excluding hydrogens is 278 g/mol. The van der Waals surface area contributed by atoms with Crippen LogP contribution in [0.25, 0.3) is 0 Å². The Hall–Kier alpha value is -0.920. The fraction of sp³-hybridized carbons (Fsp3) is 0.769.